The molecule has 0 saturated heterocycles. The Morgan fingerprint density at radius 2 is 2.45 bits per heavy atom. The Hall–Kier alpha value is -0.960. The fraction of sp³-hybridized carbons (Fsp3) is 0.286. The van der Waals surface area contributed by atoms with E-state index in [1.165, 1.54) is 0 Å². The van der Waals surface area contributed by atoms with Crippen LogP contribution in [0.15, 0.2) is 12.3 Å². The fourth-order valence-electron chi connectivity index (χ4n) is 1.24. The Kier molecular flexibility index (Phi) is 1.39. The number of nitrogens with one attached hydrogen (secondary N) is 1. The zero-order valence-electron chi connectivity index (χ0n) is 5.80. The number of rotatable bonds is 0. The zero-order valence-corrected chi connectivity index (χ0v) is 6.56. The molecule has 1 aromatic rings. The maximum atomic E-state index is 11.2. The first-order valence-corrected chi connectivity index (χ1v) is 3.79. The van der Waals surface area contributed by atoms with Crippen molar-refractivity contribution in [3.63, 3.8) is 0 Å². The van der Waals surface area contributed by atoms with E-state index in [1.54, 1.807) is 6.07 Å². The summed E-state index contributed by atoms with van der Waals surface area (Å²) in [6, 6.07) is 1.74. The molecule has 2 heterocycles. The number of carbonyl (C=O) groups excluding carboxylic acids is 1. The molecule has 2 rings (SSSR count). The van der Waals surface area contributed by atoms with Crippen LogP contribution in [0.2, 0.25) is 5.02 Å². The first-order valence-electron chi connectivity index (χ1n) is 3.42. The average Bonchev–Trinajstić information content (AvgIpc) is 2.34. The summed E-state index contributed by atoms with van der Waals surface area (Å²) in [6.07, 6.45) is 1.83. The van der Waals surface area contributed by atoms with Gasteiger partial charge in [0.25, 0.3) is 5.91 Å². The molecule has 1 aromatic heterocycles. The summed E-state index contributed by atoms with van der Waals surface area (Å²) in [5, 5.41) is 3.25. The van der Waals surface area contributed by atoms with Gasteiger partial charge in [0.05, 0.1) is 5.02 Å². The van der Waals surface area contributed by atoms with Crippen LogP contribution in [0.3, 0.4) is 0 Å². The van der Waals surface area contributed by atoms with Crippen LogP contribution in [0.25, 0.3) is 0 Å². The summed E-state index contributed by atoms with van der Waals surface area (Å²) in [7, 11) is 0. The highest BCUT2D eigenvalue weighted by Crippen LogP contribution is 2.18. The van der Waals surface area contributed by atoms with E-state index >= 15 is 0 Å². The highest BCUT2D eigenvalue weighted by molar-refractivity contribution is 6.33. The van der Waals surface area contributed by atoms with Gasteiger partial charge in [-0.2, -0.15) is 0 Å². The minimum Gasteiger partial charge on any atom is -0.349 e. The van der Waals surface area contributed by atoms with Gasteiger partial charge in [0.2, 0.25) is 0 Å². The highest BCUT2D eigenvalue weighted by Gasteiger charge is 2.18. The first-order chi connectivity index (χ1) is 5.29. The molecular formula is C7H7ClN2O. The van der Waals surface area contributed by atoms with Gasteiger partial charge < -0.3 is 9.88 Å². The van der Waals surface area contributed by atoms with Gasteiger partial charge in [0.1, 0.15) is 5.69 Å². The molecule has 0 bridgehead atoms. The van der Waals surface area contributed by atoms with E-state index in [1.807, 2.05) is 10.8 Å². The molecule has 1 aliphatic heterocycles. The number of halogens is 1. The van der Waals surface area contributed by atoms with Crippen LogP contribution in [0, 0.1) is 0 Å². The van der Waals surface area contributed by atoms with Crippen molar-refractivity contribution >= 4 is 17.5 Å². The van der Waals surface area contributed by atoms with Gasteiger partial charge in [-0.15, -0.1) is 0 Å². The van der Waals surface area contributed by atoms with Crippen molar-refractivity contribution in [2.75, 3.05) is 6.54 Å². The SMILES string of the molecule is O=C1NCCn2ccc(Cl)c21. The zero-order chi connectivity index (χ0) is 7.84. The van der Waals surface area contributed by atoms with Gasteiger partial charge in [-0.25, -0.2) is 0 Å². The van der Waals surface area contributed by atoms with Gasteiger partial charge in [-0.05, 0) is 6.07 Å². The number of amides is 1. The second kappa shape index (κ2) is 2.27. The van der Waals surface area contributed by atoms with Crippen LogP contribution in [0.4, 0.5) is 0 Å². The lowest BCUT2D eigenvalue weighted by atomic mass is 10.3. The minimum atomic E-state index is -0.0775. The van der Waals surface area contributed by atoms with E-state index in [0.717, 1.165) is 6.54 Å². The Labute approximate surface area is 69.0 Å². The second-order valence-electron chi connectivity index (χ2n) is 2.46. The van der Waals surface area contributed by atoms with Crippen LogP contribution in [0.1, 0.15) is 10.5 Å². The van der Waals surface area contributed by atoms with Gasteiger partial charge in [0, 0.05) is 19.3 Å². The van der Waals surface area contributed by atoms with E-state index < -0.39 is 0 Å². The molecule has 0 aromatic carbocycles. The first kappa shape index (κ1) is 6.73. The predicted molar refractivity (Wildman–Crippen MR) is 41.8 cm³/mol. The number of carbonyl (C=O) groups is 1. The Balaban J connectivity index is 2.56. The lowest BCUT2D eigenvalue weighted by Crippen LogP contribution is -2.34. The summed E-state index contributed by atoms with van der Waals surface area (Å²) in [4.78, 5) is 11.2. The van der Waals surface area contributed by atoms with Crippen LogP contribution in [-0.4, -0.2) is 17.0 Å². The van der Waals surface area contributed by atoms with Gasteiger partial charge in [-0.3, -0.25) is 4.79 Å². The van der Waals surface area contributed by atoms with Crippen molar-refractivity contribution in [1.29, 1.82) is 0 Å². The predicted octanol–water partition coefficient (Wildman–Crippen LogP) is 0.885. The largest absolute Gasteiger partial charge is 0.349 e. The van der Waals surface area contributed by atoms with Crippen LogP contribution < -0.4 is 5.32 Å². The lowest BCUT2D eigenvalue weighted by Gasteiger charge is -2.15. The van der Waals surface area contributed by atoms with Gasteiger partial charge >= 0.3 is 0 Å². The third kappa shape index (κ3) is 0.922. The summed E-state index contributed by atoms with van der Waals surface area (Å²) in [6.45, 7) is 1.50. The molecular weight excluding hydrogens is 164 g/mol. The standard InChI is InChI=1S/C7H7ClN2O/c8-5-1-3-10-4-2-9-7(11)6(5)10/h1,3H,2,4H2,(H,9,11). The molecule has 3 nitrogen and oxygen atoms in total. The number of nitrogens with zero attached hydrogens (tertiary/aromatic N) is 1. The number of hydrogen-bond donors (Lipinski definition) is 1. The maximum absolute atomic E-state index is 11.2. The van der Waals surface area contributed by atoms with Crippen molar-refractivity contribution in [3.05, 3.63) is 23.0 Å². The summed E-state index contributed by atoms with van der Waals surface area (Å²) < 4.78 is 1.86. The van der Waals surface area contributed by atoms with Crippen LogP contribution >= 0.6 is 11.6 Å². The molecule has 0 atom stereocenters. The smallest absolute Gasteiger partial charge is 0.269 e. The minimum absolute atomic E-state index is 0.0775. The second-order valence-corrected chi connectivity index (χ2v) is 2.87. The van der Waals surface area contributed by atoms with E-state index in [9.17, 15) is 4.79 Å². The third-order valence-electron chi connectivity index (χ3n) is 1.77. The van der Waals surface area contributed by atoms with Crippen LogP contribution in [0.5, 0.6) is 0 Å². The van der Waals surface area contributed by atoms with Crippen molar-refractivity contribution in [2.45, 2.75) is 6.54 Å². The van der Waals surface area contributed by atoms with Crippen molar-refractivity contribution in [1.82, 2.24) is 9.88 Å². The molecule has 1 aliphatic rings. The van der Waals surface area contributed by atoms with Crippen LogP contribution in [-0.2, 0) is 6.54 Å². The molecule has 1 amide bonds. The highest BCUT2D eigenvalue weighted by atomic mass is 35.5. The molecule has 0 aliphatic carbocycles. The van der Waals surface area contributed by atoms with Crippen molar-refractivity contribution < 1.29 is 4.79 Å². The Morgan fingerprint density at radius 1 is 1.64 bits per heavy atom. The Bertz CT molecular complexity index is 305. The number of aromatic nitrogens is 1. The lowest BCUT2D eigenvalue weighted by molar-refractivity contribution is 0.0928. The summed E-state index contributed by atoms with van der Waals surface area (Å²) in [5.41, 5.74) is 0.581. The summed E-state index contributed by atoms with van der Waals surface area (Å²) in [5.74, 6) is -0.0775. The van der Waals surface area contributed by atoms with E-state index in [4.69, 9.17) is 11.6 Å². The molecule has 0 radical (unpaired) electrons. The molecule has 0 fully saturated rings. The normalized spacial score (nSPS) is 15.9. The van der Waals surface area contributed by atoms with Gasteiger partial charge in [-0.1, -0.05) is 11.6 Å². The summed E-state index contributed by atoms with van der Waals surface area (Å²) >= 11 is 5.77. The number of hydrogen-bond acceptors (Lipinski definition) is 1. The maximum Gasteiger partial charge on any atom is 0.269 e. The average molecular weight is 171 g/mol. The molecule has 1 N–H and O–H groups in total. The molecule has 0 saturated carbocycles. The quantitative estimate of drug-likeness (QED) is 0.617. The van der Waals surface area contributed by atoms with Crippen molar-refractivity contribution in [3.8, 4) is 0 Å². The van der Waals surface area contributed by atoms with E-state index in [2.05, 4.69) is 5.32 Å². The topological polar surface area (TPSA) is 34.0 Å². The monoisotopic (exact) mass is 170 g/mol. The Morgan fingerprint density at radius 3 is 3.18 bits per heavy atom. The molecule has 58 valence electrons. The van der Waals surface area contributed by atoms with Crippen molar-refractivity contribution in [2.24, 2.45) is 0 Å². The third-order valence-corrected chi connectivity index (χ3v) is 2.07. The molecule has 11 heavy (non-hydrogen) atoms. The van der Waals surface area contributed by atoms with E-state index in [-0.39, 0.29) is 5.91 Å². The molecule has 0 unspecified atom stereocenters. The van der Waals surface area contributed by atoms with E-state index in [0.29, 0.717) is 17.3 Å². The fourth-order valence-corrected chi connectivity index (χ4v) is 1.50. The molecule has 4 heteroatoms. The van der Waals surface area contributed by atoms with Gasteiger partial charge in [0.15, 0.2) is 0 Å². The molecule has 0 spiro atoms. The number of fused-ring (bicyclic) bond motifs is 1.